The van der Waals surface area contributed by atoms with E-state index in [0.717, 1.165) is 12.8 Å². The molecule has 1 aromatic heterocycles. The number of anilines is 1. The number of aromatic nitrogens is 2. The van der Waals surface area contributed by atoms with Gasteiger partial charge in [0.05, 0.1) is 13.3 Å². The second-order valence-electron chi connectivity index (χ2n) is 5.25. The van der Waals surface area contributed by atoms with Gasteiger partial charge in [-0.05, 0) is 31.6 Å². The molecule has 0 spiro atoms. The largest absolute Gasteiger partial charge is 0.480 e. The van der Waals surface area contributed by atoms with Crippen LogP contribution in [0.1, 0.15) is 32.6 Å². The van der Waals surface area contributed by atoms with Gasteiger partial charge >= 0.3 is 12.0 Å². The number of nitrogens with one attached hydrogen (secondary N) is 1. The van der Waals surface area contributed by atoms with Crippen LogP contribution in [0.3, 0.4) is 0 Å². The van der Waals surface area contributed by atoms with Crippen LogP contribution in [-0.2, 0) is 4.79 Å². The second kappa shape index (κ2) is 5.83. The minimum absolute atomic E-state index is 0.154. The number of ether oxygens (including phenoxy) is 1. The Balaban J connectivity index is 2.27. The summed E-state index contributed by atoms with van der Waals surface area (Å²) in [4.78, 5) is 19.6. The number of aliphatic carboxylic acids is 1. The third-order valence-corrected chi connectivity index (χ3v) is 4.08. The molecule has 1 saturated carbocycles. The van der Waals surface area contributed by atoms with E-state index in [-0.39, 0.29) is 11.0 Å². The van der Waals surface area contributed by atoms with Crippen molar-refractivity contribution in [1.82, 2.24) is 9.97 Å². The molecule has 2 rings (SSSR count). The Morgan fingerprint density at radius 3 is 2.75 bits per heavy atom. The standard InChI is InChI=1S/C13H18ClN3O3/c1-8-3-5-13(6-4-8,11(18)19)17-10-9(14)7-15-12(16-10)20-2/h7-8H,3-6H2,1-2H3,(H,18,19)(H,15,16,17). The van der Waals surface area contributed by atoms with E-state index in [2.05, 4.69) is 22.2 Å². The molecule has 1 heterocycles. The Morgan fingerprint density at radius 2 is 2.20 bits per heavy atom. The summed E-state index contributed by atoms with van der Waals surface area (Å²) in [6.45, 7) is 2.13. The smallest absolute Gasteiger partial charge is 0.329 e. The van der Waals surface area contributed by atoms with Crippen LogP contribution >= 0.6 is 11.6 Å². The summed E-state index contributed by atoms with van der Waals surface area (Å²) in [5, 5.41) is 12.9. The van der Waals surface area contributed by atoms with Gasteiger partial charge < -0.3 is 15.2 Å². The summed E-state index contributed by atoms with van der Waals surface area (Å²) in [6, 6.07) is 0.154. The number of rotatable bonds is 4. The predicted octanol–water partition coefficient (Wildman–Crippen LogP) is 2.58. The molecule has 0 amide bonds. The van der Waals surface area contributed by atoms with Crippen molar-refractivity contribution < 1.29 is 14.6 Å². The van der Waals surface area contributed by atoms with Crippen molar-refractivity contribution in [2.45, 2.75) is 38.1 Å². The van der Waals surface area contributed by atoms with Crippen LogP contribution in [0.5, 0.6) is 6.01 Å². The third-order valence-electron chi connectivity index (χ3n) is 3.80. The first-order valence-electron chi connectivity index (χ1n) is 6.55. The quantitative estimate of drug-likeness (QED) is 0.889. The van der Waals surface area contributed by atoms with Crippen LogP contribution in [0.2, 0.25) is 5.02 Å². The molecule has 1 aliphatic carbocycles. The molecule has 20 heavy (non-hydrogen) atoms. The monoisotopic (exact) mass is 299 g/mol. The van der Waals surface area contributed by atoms with Crippen molar-refractivity contribution >= 4 is 23.4 Å². The summed E-state index contributed by atoms with van der Waals surface area (Å²) in [5.41, 5.74) is -1.02. The van der Waals surface area contributed by atoms with E-state index in [9.17, 15) is 9.90 Å². The van der Waals surface area contributed by atoms with Gasteiger partial charge in [0.1, 0.15) is 10.6 Å². The fraction of sp³-hybridized carbons (Fsp3) is 0.615. The number of carboxylic acids is 1. The summed E-state index contributed by atoms with van der Waals surface area (Å²) in [7, 11) is 1.45. The lowest BCUT2D eigenvalue weighted by molar-refractivity contribution is -0.143. The molecule has 0 unspecified atom stereocenters. The van der Waals surface area contributed by atoms with Crippen LogP contribution in [-0.4, -0.2) is 33.7 Å². The second-order valence-corrected chi connectivity index (χ2v) is 5.66. The van der Waals surface area contributed by atoms with Crippen molar-refractivity contribution in [1.29, 1.82) is 0 Å². The van der Waals surface area contributed by atoms with E-state index < -0.39 is 11.5 Å². The highest BCUT2D eigenvalue weighted by Gasteiger charge is 2.42. The molecule has 0 radical (unpaired) electrons. The number of carboxylic acid groups (broad SMARTS) is 1. The summed E-state index contributed by atoms with van der Waals surface area (Å²) < 4.78 is 4.94. The summed E-state index contributed by atoms with van der Waals surface area (Å²) in [5.74, 6) is -0.0341. The van der Waals surface area contributed by atoms with Crippen molar-refractivity contribution in [3.8, 4) is 6.01 Å². The highest BCUT2D eigenvalue weighted by atomic mass is 35.5. The first-order valence-corrected chi connectivity index (χ1v) is 6.93. The average Bonchev–Trinajstić information content (AvgIpc) is 2.43. The molecule has 1 fully saturated rings. The average molecular weight is 300 g/mol. The third kappa shape index (κ3) is 2.95. The zero-order valence-electron chi connectivity index (χ0n) is 11.5. The Morgan fingerprint density at radius 1 is 1.55 bits per heavy atom. The van der Waals surface area contributed by atoms with Gasteiger partial charge in [0.15, 0.2) is 5.82 Å². The van der Waals surface area contributed by atoms with E-state index >= 15 is 0 Å². The highest BCUT2D eigenvalue weighted by Crippen LogP contribution is 2.36. The summed E-state index contributed by atoms with van der Waals surface area (Å²) in [6.07, 6.45) is 4.22. The van der Waals surface area contributed by atoms with Gasteiger partial charge in [0, 0.05) is 0 Å². The normalized spacial score (nSPS) is 26.1. The number of nitrogens with zero attached hydrogens (tertiary/aromatic N) is 2. The fourth-order valence-electron chi connectivity index (χ4n) is 2.41. The zero-order valence-corrected chi connectivity index (χ0v) is 12.3. The number of carbonyl (C=O) groups is 1. The number of hydrogen-bond donors (Lipinski definition) is 2. The molecular formula is C13H18ClN3O3. The number of methoxy groups -OCH3 is 1. The van der Waals surface area contributed by atoms with Gasteiger partial charge in [-0.2, -0.15) is 4.98 Å². The highest BCUT2D eigenvalue weighted by molar-refractivity contribution is 6.32. The van der Waals surface area contributed by atoms with Gasteiger partial charge in [-0.15, -0.1) is 0 Å². The van der Waals surface area contributed by atoms with Crippen LogP contribution in [0.15, 0.2) is 6.20 Å². The molecule has 0 atom stereocenters. The van der Waals surface area contributed by atoms with Crippen molar-refractivity contribution in [2.75, 3.05) is 12.4 Å². The number of halogens is 1. The molecule has 1 aromatic rings. The van der Waals surface area contributed by atoms with E-state index in [1.807, 2.05) is 0 Å². The topological polar surface area (TPSA) is 84.3 Å². The fourth-order valence-corrected chi connectivity index (χ4v) is 2.55. The molecule has 0 bridgehead atoms. The Labute approximate surface area is 122 Å². The molecule has 0 aliphatic heterocycles. The van der Waals surface area contributed by atoms with Crippen molar-refractivity contribution in [3.63, 3.8) is 0 Å². The van der Waals surface area contributed by atoms with Crippen LogP contribution in [0, 0.1) is 5.92 Å². The Kier molecular flexibility index (Phi) is 4.32. The van der Waals surface area contributed by atoms with Crippen molar-refractivity contribution in [3.05, 3.63) is 11.2 Å². The molecule has 7 heteroatoms. The summed E-state index contributed by atoms with van der Waals surface area (Å²) >= 11 is 6.03. The SMILES string of the molecule is COc1ncc(Cl)c(NC2(C(=O)O)CCC(C)CC2)n1. The Hall–Kier alpha value is -1.56. The molecule has 2 N–H and O–H groups in total. The maximum atomic E-state index is 11.7. The minimum Gasteiger partial charge on any atom is -0.480 e. The van der Waals surface area contributed by atoms with Gasteiger partial charge in [-0.1, -0.05) is 18.5 Å². The van der Waals surface area contributed by atoms with Crippen LogP contribution in [0.25, 0.3) is 0 Å². The van der Waals surface area contributed by atoms with E-state index in [0.29, 0.717) is 24.6 Å². The first kappa shape index (κ1) is 14.8. The van der Waals surface area contributed by atoms with Crippen molar-refractivity contribution in [2.24, 2.45) is 5.92 Å². The lowest BCUT2D eigenvalue weighted by Gasteiger charge is -2.36. The molecule has 110 valence electrons. The minimum atomic E-state index is -1.02. The zero-order chi connectivity index (χ0) is 14.8. The molecular weight excluding hydrogens is 282 g/mol. The van der Waals surface area contributed by atoms with Gasteiger partial charge in [0.25, 0.3) is 0 Å². The molecule has 6 nitrogen and oxygen atoms in total. The Bertz CT molecular complexity index is 502. The lowest BCUT2D eigenvalue weighted by Crippen LogP contribution is -2.49. The molecule has 1 aliphatic rings. The van der Waals surface area contributed by atoms with E-state index in [1.54, 1.807) is 0 Å². The van der Waals surface area contributed by atoms with Gasteiger partial charge in [-0.25, -0.2) is 9.78 Å². The molecule has 0 saturated heterocycles. The lowest BCUT2D eigenvalue weighted by atomic mass is 9.77. The van der Waals surface area contributed by atoms with Crippen LogP contribution < -0.4 is 10.1 Å². The van der Waals surface area contributed by atoms with Gasteiger partial charge in [-0.3, -0.25) is 0 Å². The number of hydrogen-bond acceptors (Lipinski definition) is 5. The molecule has 0 aromatic carbocycles. The van der Waals surface area contributed by atoms with E-state index in [4.69, 9.17) is 16.3 Å². The maximum Gasteiger partial charge on any atom is 0.329 e. The van der Waals surface area contributed by atoms with Gasteiger partial charge in [0.2, 0.25) is 0 Å². The maximum absolute atomic E-state index is 11.7. The van der Waals surface area contributed by atoms with Crippen LogP contribution in [0.4, 0.5) is 5.82 Å². The predicted molar refractivity (Wildman–Crippen MR) is 75.2 cm³/mol. The van der Waals surface area contributed by atoms with E-state index in [1.165, 1.54) is 13.3 Å². The first-order chi connectivity index (χ1) is 9.47.